The van der Waals surface area contributed by atoms with Crippen molar-refractivity contribution >= 4 is 28.6 Å². The van der Waals surface area contributed by atoms with Crippen molar-refractivity contribution in [3.05, 3.63) is 70.9 Å². The summed E-state index contributed by atoms with van der Waals surface area (Å²) in [6, 6.07) is 13.9. The molecule has 194 valence electrons. The van der Waals surface area contributed by atoms with Crippen molar-refractivity contribution < 1.29 is 14.4 Å². The number of nitrogens with zero attached hydrogens (tertiary/aromatic N) is 1. The van der Waals surface area contributed by atoms with Gasteiger partial charge in [0.2, 0.25) is 11.8 Å². The number of amides is 3. The molecule has 1 aromatic heterocycles. The number of nitrogens with one attached hydrogen (secondary N) is 3. The first kappa shape index (κ1) is 25.1. The van der Waals surface area contributed by atoms with Crippen LogP contribution in [0.25, 0.3) is 10.9 Å². The first-order valence-electron chi connectivity index (χ1n) is 13.4. The number of carbonyl (C=O) groups excluding carboxylic acids is 3. The van der Waals surface area contributed by atoms with E-state index in [0.29, 0.717) is 24.4 Å². The van der Waals surface area contributed by atoms with Crippen LogP contribution in [0.2, 0.25) is 0 Å². The van der Waals surface area contributed by atoms with Gasteiger partial charge in [-0.1, -0.05) is 70.5 Å². The normalized spacial score (nSPS) is 19.8. The van der Waals surface area contributed by atoms with Gasteiger partial charge in [-0.15, -0.1) is 0 Å². The van der Waals surface area contributed by atoms with Gasteiger partial charge in [0.1, 0.15) is 12.1 Å². The van der Waals surface area contributed by atoms with Crippen molar-refractivity contribution in [2.24, 2.45) is 11.8 Å². The van der Waals surface area contributed by atoms with Crippen molar-refractivity contribution in [1.29, 1.82) is 0 Å². The maximum Gasteiger partial charge on any atom is 0.255 e. The molecule has 3 heterocycles. The molecule has 0 spiro atoms. The van der Waals surface area contributed by atoms with Gasteiger partial charge in [0, 0.05) is 35.1 Å². The van der Waals surface area contributed by atoms with Crippen molar-refractivity contribution in [2.45, 2.75) is 65.1 Å². The molecule has 2 aromatic carbocycles. The number of aromatic amines is 1. The fourth-order valence-corrected chi connectivity index (χ4v) is 5.68. The monoisotopic (exact) mass is 500 g/mol. The van der Waals surface area contributed by atoms with E-state index in [-0.39, 0.29) is 29.7 Å². The number of aromatic nitrogens is 1. The lowest BCUT2D eigenvalue weighted by molar-refractivity contribution is -0.133. The molecule has 0 aliphatic carbocycles. The Balaban J connectivity index is 1.49. The van der Waals surface area contributed by atoms with E-state index in [2.05, 4.69) is 35.5 Å². The van der Waals surface area contributed by atoms with Crippen LogP contribution in [0, 0.1) is 11.8 Å². The molecular weight excluding hydrogens is 464 g/mol. The van der Waals surface area contributed by atoms with Gasteiger partial charge in [0.25, 0.3) is 5.91 Å². The van der Waals surface area contributed by atoms with Gasteiger partial charge in [0.05, 0.1) is 6.04 Å². The summed E-state index contributed by atoms with van der Waals surface area (Å²) in [5, 5.41) is 7.12. The Labute approximate surface area is 218 Å². The van der Waals surface area contributed by atoms with Crippen LogP contribution < -0.4 is 10.6 Å². The Bertz CT molecular complexity index is 1340. The number of carbonyl (C=O) groups is 3. The highest BCUT2D eigenvalue weighted by molar-refractivity contribution is 6.04. The molecule has 0 saturated heterocycles. The van der Waals surface area contributed by atoms with E-state index in [1.807, 2.05) is 56.3 Å². The molecule has 7 heteroatoms. The smallest absolute Gasteiger partial charge is 0.255 e. The Morgan fingerprint density at radius 3 is 2.57 bits per heavy atom. The van der Waals surface area contributed by atoms with Gasteiger partial charge < -0.3 is 20.5 Å². The molecule has 2 aliphatic heterocycles. The Kier molecular flexibility index (Phi) is 6.80. The fourth-order valence-electron chi connectivity index (χ4n) is 5.68. The standard InChI is InChI=1S/C30H36N4O3/c1-5-18(4)25(29(36)31-15-14-17(2)3)33-28(35)24-16-22-19-10-8-9-13-23(19)32-26(22)27-20-11-6-7-12-21(20)30(37)34(24)27/h6-13,17-18,24-25,27,32H,5,14-16H2,1-4H3,(H,31,36)(H,33,35)/t18-,24+,25+,27+/m1/s1. The molecular formula is C30H36N4O3. The third kappa shape index (κ3) is 4.41. The summed E-state index contributed by atoms with van der Waals surface area (Å²) in [7, 11) is 0. The molecule has 2 aliphatic rings. The maximum absolute atomic E-state index is 13.9. The molecule has 5 rings (SSSR count). The summed E-state index contributed by atoms with van der Waals surface area (Å²) in [5.74, 6) is -0.167. The van der Waals surface area contributed by atoms with Gasteiger partial charge in [0.15, 0.2) is 0 Å². The summed E-state index contributed by atoms with van der Waals surface area (Å²) in [5.41, 5.74) is 4.55. The second-order valence-corrected chi connectivity index (χ2v) is 10.8. The first-order chi connectivity index (χ1) is 17.8. The number of para-hydroxylation sites is 1. The highest BCUT2D eigenvalue weighted by atomic mass is 16.2. The van der Waals surface area contributed by atoms with Crippen molar-refractivity contribution in [3.8, 4) is 0 Å². The van der Waals surface area contributed by atoms with E-state index < -0.39 is 12.1 Å². The van der Waals surface area contributed by atoms with Gasteiger partial charge in [-0.25, -0.2) is 0 Å². The number of H-pyrrole nitrogens is 1. The van der Waals surface area contributed by atoms with Crippen molar-refractivity contribution in [1.82, 2.24) is 20.5 Å². The van der Waals surface area contributed by atoms with Gasteiger partial charge in [-0.3, -0.25) is 14.4 Å². The third-order valence-corrected chi connectivity index (χ3v) is 7.97. The molecule has 7 nitrogen and oxygen atoms in total. The summed E-state index contributed by atoms with van der Waals surface area (Å²) >= 11 is 0. The molecule has 3 aromatic rings. The van der Waals surface area contributed by atoms with Crippen LogP contribution in [-0.2, 0) is 16.0 Å². The average molecular weight is 501 g/mol. The van der Waals surface area contributed by atoms with E-state index in [1.54, 1.807) is 4.90 Å². The Morgan fingerprint density at radius 2 is 1.81 bits per heavy atom. The van der Waals surface area contributed by atoms with E-state index in [9.17, 15) is 14.4 Å². The number of rotatable bonds is 8. The fraction of sp³-hybridized carbons (Fsp3) is 0.433. The summed E-state index contributed by atoms with van der Waals surface area (Å²) < 4.78 is 0. The molecule has 0 radical (unpaired) electrons. The summed E-state index contributed by atoms with van der Waals surface area (Å²) in [6.07, 6.45) is 2.02. The lowest BCUT2D eigenvalue weighted by atomic mass is 9.89. The van der Waals surface area contributed by atoms with E-state index >= 15 is 0 Å². The van der Waals surface area contributed by atoms with Crippen molar-refractivity contribution in [3.63, 3.8) is 0 Å². The van der Waals surface area contributed by atoms with Crippen molar-refractivity contribution in [2.75, 3.05) is 6.54 Å². The highest BCUT2D eigenvalue weighted by Crippen LogP contribution is 2.46. The molecule has 37 heavy (non-hydrogen) atoms. The van der Waals surface area contributed by atoms with E-state index in [1.165, 1.54) is 0 Å². The van der Waals surface area contributed by atoms with Crippen LogP contribution >= 0.6 is 0 Å². The van der Waals surface area contributed by atoms with E-state index in [4.69, 9.17) is 0 Å². The van der Waals surface area contributed by atoms with Crippen LogP contribution in [0.1, 0.15) is 73.8 Å². The quantitative estimate of drug-likeness (QED) is 0.430. The second kappa shape index (κ2) is 10.0. The van der Waals surface area contributed by atoms with Crippen LogP contribution in [0.4, 0.5) is 0 Å². The minimum absolute atomic E-state index is 0.0440. The lowest BCUT2D eigenvalue weighted by Gasteiger charge is -2.38. The van der Waals surface area contributed by atoms with Gasteiger partial charge in [-0.05, 0) is 41.5 Å². The topological polar surface area (TPSA) is 94.3 Å². The molecule has 3 amide bonds. The molecule has 4 atom stereocenters. The molecule has 0 unspecified atom stereocenters. The zero-order valence-corrected chi connectivity index (χ0v) is 22.0. The third-order valence-electron chi connectivity index (χ3n) is 7.97. The minimum Gasteiger partial charge on any atom is -0.356 e. The van der Waals surface area contributed by atoms with E-state index in [0.717, 1.165) is 40.6 Å². The SMILES string of the molecule is CC[C@@H](C)[C@H](NC(=O)[C@@H]1Cc2c([nH]c3ccccc23)[C@@H]2c3ccccc3C(=O)N21)C(=O)NCCC(C)C. The first-order valence-corrected chi connectivity index (χ1v) is 13.4. The molecule has 3 N–H and O–H groups in total. The lowest BCUT2D eigenvalue weighted by Crippen LogP contribution is -2.58. The maximum atomic E-state index is 13.9. The average Bonchev–Trinajstić information content (AvgIpc) is 3.41. The van der Waals surface area contributed by atoms with Gasteiger partial charge in [-0.2, -0.15) is 0 Å². The molecule has 0 saturated carbocycles. The largest absolute Gasteiger partial charge is 0.356 e. The van der Waals surface area contributed by atoms with Crippen LogP contribution in [0.15, 0.2) is 48.5 Å². The highest BCUT2D eigenvalue weighted by Gasteiger charge is 2.49. The second-order valence-electron chi connectivity index (χ2n) is 10.8. The number of benzene rings is 2. The van der Waals surface area contributed by atoms with Crippen LogP contribution in [0.5, 0.6) is 0 Å². The number of hydrogen-bond donors (Lipinski definition) is 3. The zero-order chi connectivity index (χ0) is 26.3. The predicted octanol–water partition coefficient (Wildman–Crippen LogP) is 4.33. The zero-order valence-electron chi connectivity index (χ0n) is 22.0. The minimum atomic E-state index is -0.716. The number of hydrogen-bond acceptors (Lipinski definition) is 3. The van der Waals surface area contributed by atoms with Gasteiger partial charge >= 0.3 is 0 Å². The Hall–Kier alpha value is -3.61. The molecule has 0 bridgehead atoms. The number of fused-ring (bicyclic) bond motifs is 7. The Morgan fingerprint density at radius 1 is 1.08 bits per heavy atom. The van der Waals surface area contributed by atoms with Crippen LogP contribution in [-0.4, -0.2) is 46.2 Å². The van der Waals surface area contributed by atoms with Crippen LogP contribution in [0.3, 0.4) is 0 Å². The summed E-state index contributed by atoms with van der Waals surface area (Å²) in [6.45, 7) is 8.79. The predicted molar refractivity (Wildman–Crippen MR) is 144 cm³/mol. The molecule has 0 fully saturated rings. The summed E-state index contributed by atoms with van der Waals surface area (Å²) in [4.78, 5) is 45.9.